The summed E-state index contributed by atoms with van der Waals surface area (Å²) >= 11 is 0. The first kappa shape index (κ1) is 18.6. The Labute approximate surface area is 165 Å². The highest BCUT2D eigenvalue weighted by molar-refractivity contribution is 6.24. The normalized spacial score (nSPS) is 18.7. The van der Waals surface area contributed by atoms with Gasteiger partial charge in [0.1, 0.15) is 6.04 Å². The summed E-state index contributed by atoms with van der Waals surface area (Å²) in [5.74, 6) is -2.49. The summed E-state index contributed by atoms with van der Waals surface area (Å²) in [5.41, 5.74) is 0.829. The van der Waals surface area contributed by atoms with Crippen LogP contribution in [0.5, 0.6) is 0 Å². The Kier molecular flexibility index (Phi) is 4.50. The van der Waals surface area contributed by atoms with E-state index in [2.05, 4.69) is 5.32 Å². The third-order valence-corrected chi connectivity index (χ3v) is 5.04. The number of benzene rings is 1. The number of amides is 5. The molecule has 9 heteroatoms. The van der Waals surface area contributed by atoms with E-state index in [9.17, 15) is 24.0 Å². The van der Waals surface area contributed by atoms with Crippen LogP contribution in [0.3, 0.4) is 0 Å². The van der Waals surface area contributed by atoms with E-state index in [0.717, 1.165) is 4.90 Å². The molecule has 1 atom stereocenters. The molecule has 1 aromatic carbocycles. The number of hydrogen-bond acceptors (Lipinski definition) is 6. The molecule has 148 valence electrons. The highest BCUT2D eigenvalue weighted by Gasteiger charge is 2.45. The lowest BCUT2D eigenvalue weighted by Gasteiger charge is -2.28. The molecular formula is C20H17N3O6. The van der Waals surface area contributed by atoms with Gasteiger partial charge in [-0.25, -0.2) is 0 Å². The van der Waals surface area contributed by atoms with Gasteiger partial charge in [0.2, 0.25) is 11.8 Å². The van der Waals surface area contributed by atoms with E-state index in [0.29, 0.717) is 5.56 Å². The first-order chi connectivity index (χ1) is 13.9. The van der Waals surface area contributed by atoms with Gasteiger partial charge in [0.05, 0.1) is 17.4 Å². The first-order valence-corrected chi connectivity index (χ1v) is 9.01. The van der Waals surface area contributed by atoms with Crippen LogP contribution in [-0.4, -0.2) is 52.4 Å². The van der Waals surface area contributed by atoms with Crippen molar-refractivity contribution >= 4 is 29.5 Å². The Hall–Kier alpha value is -3.75. The second-order valence-corrected chi connectivity index (χ2v) is 6.93. The number of piperidine rings is 1. The van der Waals surface area contributed by atoms with Crippen molar-refractivity contribution in [3.63, 3.8) is 0 Å². The van der Waals surface area contributed by atoms with Crippen LogP contribution in [0.15, 0.2) is 41.0 Å². The van der Waals surface area contributed by atoms with E-state index in [1.807, 2.05) is 0 Å². The quantitative estimate of drug-likeness (QED) is 0.771. The topological polar surface area (TPSA) is 117 Å². The minimum atomic E-state index is -1.03. The monoisotopic (exact) mass is 395 g/mol. The zero-order chi connectivity index (χ0) is 20.7. The van der Waals surface area contributed by atoms with Crippen molar-refractivity contribution in [2.75, 3.05) is 7.05 Å². The van der Waals surface area contributed by atoms with Crippen LogP contribution < -0.4 is 5.32 Å². The van der Waals surface area contributed by atoms with Crippen molar-refractivity contribution in [3.05, 3.63) is 59.0 Å². The number of imide groups is 2. The molecule has 4 rings (SSSR count). The number of carbonyl (C=O) groups excluding carboxylic acids is 5. The van der Waals surface area contributed by atoms with Crippen LogP contribution in [-0.2, 0) is 16.1 Å². The van der Waals surface area contributed by atoms with Gasteiger partial charge in [-0.15, -0.1) is 0 Å². The second kappa shape index (κ2) is 7.01. The SMILES string of the molecule is CN(Cc1cccc2c1C(=O)N(C1CCC(=O)NC1=O)C2=O)C(=O)c1ccco1. The standard InChI is InChI=1S/C20H17N3O6/c1-22(19(27)14-6-3-9-29-14)10-11-4-2-5-12-16(11)20(28)23(18(12)26)13-7-8-15(24)21-17(13)25/h2-6,9,13H,7-8,10H2,1H3,(H,21,24,25). The molecule has 0 bridgehead atoms. The molecular weight excluding hydrogens is 378 g/mol. The largest absolute Gasteiger partial charge is 0.459 e. The van der Waals surface area contributed by atoms with Gasteiger partial charge in [0.25, 0.3) is 17.7 Å². The average molecular weight is 395 g/mol. The number of carbonyl (C=O) groups is 5. The van der Waals surface area contributed by atoms with Gasteiger partial charge in [-0.1, -0.05) is 12.1 Å². The minimum Gasteiger partial charge on any atom is -0.459 e. The molecule has 1 N–H and O–H groups in total. The van der Waals surface area contributed by atoms with E-state index in [4.69, 9.17) is 4.42 Å². The van der Waals surface area contributed by atoms with E-state index < -0.39 is 29.7 Å². The number of hydrogen-bond donors (Lipinski definition) is 1. The lowest BCUT2D eigenvalue weighted by Crippen LogP contribution is -2.54. The van der Waals surface area contributed by atoms with E-state index in [-0.39, 0.29) is 42.2 Å². The van der Waals surface area contributed by atoms with Gasteiger partial charge in [-0.05, 0) is 30.2 Å². The molecule has 0 spiro atoms. The van der Waals surface area contributed by atoms with Crippen molar-refractivity contribution in [2.45, 2.75) is 25.4 Å². The van der Waals surface area contributed by atoms with Crippen LogP contribution >= 0.6 is 0 Å². The maximum absolute atomic E-state index is 13.1. The molecule has 9 nitrogen and oxygen atoms in total. The highest BCUT2D eigenvalue weighted by atomic mass is 16.3. The lowest BCUT2D eigenvalue weighted by molar-refractivity contribution is -0.136. The van der Waals surface area contributed by atoms with E-state index >= 15 is 0 Å². The van der Waals surface area contributed by atoms with Crippen LogP contribution in [0.4, 0.5) is 0 Å². The average Bonchev–Trinajstić information content (AvgIpc) is 3.30. The molecule has 2 aliphatic rings. The number of rotatable bonds is 4. The Balaban J connectivity index is 1.62. The first-order valence-electron chi connectivity index (χ1n) is 9.01. The summed E-state index contributed by atoms with van der Waals surface area (Å²) in [6.07, 6.45) is 1.53. The molecule has 0 radical (unpaired) electrons. The van der Waals surface area contributed by atoms with Gasteiger partial charge in [0, 0.05) is 20.0 Å². The zero-order valence-electron chi connectivity index (χ0n) is 15.5. The van der Waals surface area contributed by atoms with Crippen LogP contribution in [0.1, 0.15) is 49.7 Å². The maximum atomic E-state index is 13.1. The molecule has 1 saturated heterocycles. The number of fused-ring (bicyclic) bond motifs is 1. The molecule has 1 unspecified atom stereocenters. The Bertz CT molecular complexity index is 1040. The Morgan fingerprint density at radius 2 is 1.97 bits per heavy atom. The van der Waals surface area contributed by atoms with Gasteiger partial charge in [0.15, 0.2) is 5.76 Å². The van der Waals surface area contributed by atoms with Crippen molar-refractivity contribution in [1.29, 1.82) is 0 Å². The molecule has 2 aromatic rings. The molecule has 3 heterocycles. The highest BCUT2D eigenvalue weighted by Crippen LogP contribution is 2.30. The smallest absolute Gasteiger partial charge is 0.289 e. The van der Waals surface area contributed by atoms with Crippen LogP contribution in [0.2, 0.25) is 0 Å². The second-order valence-electron chi connectivity index (χ2n) is 6.93. The number of nitrogens with zero attached hydrogens (tertiary/aromatic N) is 2. The maximum Gasteiger partial charge on any atom is 0.289 e. The molecule has 29 heavy (non-hydrogen) atoms. The number of furan rings is 1. The van der Waals surface area contributed by atoms with Crippen LogP contribution in [0.25, 0.3) is 0 Å². The summed E-state index contributed by atoms with van der Waals surface area (Å²) in [4.78, 5) is 64.2. The summed E-state index contributed by atoms with van der Waals surface area (Å²) in [7, 11) is 1.56. The fourth-order valence-corrected chi connectivity index (χ4v) is 3.63. The van der Waals surface area contributed by atoms with Gasteiger partial charge >= 0.3 is 0 Å². The fraction of sp³-hybridized carbons (Fsp3) is 0.250. The molecule has 1 fully saturated rings. The molecule has 0 saturated carbocycles. The van der Waals surface area contributed by atoms with Crippen molar-refractivity contribution < 1.29 is 28.4 Å². The molecule has 5 amide bonds. The fourth-order valence-electron chi connectivity index (χ4n) is 3.63. The van der Waals surface area contributed by atoms with Crippen molar-refractivity contribution in [1.82, 2.24) is 15.1 Å². The molecule has 2 aliphatic heterocycles. The van der Waals surface area contributed by atoms with Crippen molar-refractivity contribution in [3.8, 4) is 0 Å². The van der Waals surface area contributed by atoms with E-state index in [1.165, 1.54) is 23.3 Å². The third kappa shape index (κ3) is 3.10. The Morgan fingerprint density at radius 3 is 2.66 bits per heavy atom. The summed E-state index contributed by atoms with van der Waals surface area (Å²) in [6.45, 7) is 0.0743. The predicted octanol–water partition coefficient (Wildman–Crippen LogP) is 0.953. The number of nitrogens with one attached hydrogen (secondary N) is 1. The summed E-state index contributed by atoms with van der Waals surface area (Å²) < 4.78 is 5.11. The van der Waals surface area contributed by atoms with Crippen LogP contribution in [0, 0.1) is 0 Å². The van der Waals surface area contributed by atoms with Gasteiger partial charge < -0.3 is 9.32 Å². The van der Waals surface area contributed by atoms with Crippen molar-refractivity contribution in [2.24, 2.45) is 0 Å². The van der Waals surface area contributed by atoms with Gasteiger partial charge in [-0.2, -0.15) is 0 Å². The Morgan fingerprint density at radius 1 is 1.17 bits per heavy atom. The zero-order valence-corrected chi connectivity index (χ0v) is 15.5. The predicted molar refractivity (Wildman–Crippen MR) is 97.6 cm³/mol. The van der Waals surface area contributed by atoms with Gasteiger partial charge in [-0.3, -0.25) is 34.2 Å². The van der Waals surface area contributed by atoms with E-state index in [1.54, 1.807) is 25.2 Å². The minimum absolute atomic E-state index is 0.0526. The molecule has 0 aliphatic carbocycles. The summed E-state index contributed by atoms with van der Waals surface area (Å²) in [6, 6.07) is 6.90. The molecule has 1 aromatic heterocycles. The summed E-state index contributed by atoms with van der Waals surface area (Å²) in [5, 5.41) is 2.16. The lowest BCUT2D eigenvalue weighted by atomic mass is 10.0. The third-order valence-electron chi connectivity index (χ3n) is 5.04.